The normalized spacial score (nSPS) is 27.6. The van der Waals surface area contributed by atoms with Crippen molar-refractivity contribution in [2.75, 3.05) is 19.6 Å². The fourth-order valence-corrected chi connectivity index (χ4v) is 4.53. The first-order chi connectivity index (χ1) is 13.2. The Morgan fingerprint density at radius 2 is 1.97 bits per heavy atom. The molecule has 2 atom stereocenters. The Hall–Kier alpha value is -1.74. The van der Waals surface area contributed by atoms with Crippen LogP contribution in [0.1, 0.15) is 54.4 Å². The average molecular weight is 411 g/mol. The maximum absolute atomic E-state index is 12.7. The van der Waals surface area contributed by atoms with Gasteiger partial charge in [0.1, 0.15) is 0 Å². The summed E-state index contributed by atoms with van der Waals surface area (Å²) in [6, 6.07) is -0.518. The Kier molecular flexibility index (Phi) is 6.64. The van der Waals surface area contributed by atoms with Crippen molar-refractivity contribution in [3.8, 4) is 11.8 Å². The maximum Gasteiger partial charge on any atom is 0.471 e. The quantitative estimate of drug-likeness (QED) is 0.540. The summed E-state index contributed by atoms with van der Waals surface area (Å²) in [6.07, 6.45) is 2.51. The number of fused-ring (bicyclic) bond motifs is 1. The Balaban J connectivity index is 2.08. The molecule has 0 saturated heterocycles. The van der Waals surface area contributed by atoms with Gasteiger partial charge in [0.25, 0.3) is 0 Å². The number of nitrogens with zero attached hydrogens (tertiary/aromatic N) is 1. The highest BCUT2D eigenvalue weighted by Gasteiger charge is 2.51. The minimum absolute atomic E-state index is 0.0215. The van der Waals surface area contributed by atoms with E-state index in [9.17, 15) is 18.0 Å². The van der Waals surface area contributed by atoms with Gasteiger partial charge in [0.05, 0.1) is 0 Å². The third-order valence-corrected chi connectivity index (χ3v) is 5.90. The molecule has 0 bridgehead atoms. The van der Waals surface area contributed by atoms with Crippen molar-refractivity contribution in [3.63, 3.8) is 0 Å². The second-order valence-electron chi connectivity index (χ2n) is 10.1. The van der Waals surface area contributed by atoms with Crippen molar-refractivity contribution < 1.29 is 18.0 Å². The summed E-state index contributed by atoms with van der Waals surface area (Å²) in [6.45, 7) is 14.6. The zero-order chi connectivity index (χ0) is 22.1. The monoisotopic (exact) mass is 410 g/mol. The van der Waals surface area contributed by atoms with Crippen LogP contribution in [-0.2, 0) is 4.79 Å². The molecule has 1 amide bonds. The first-order valence-corrected chi connectivity index (χ1v) is 10.1. The molecule has 0 aromatic carbocycles. The molecule has 0 aromatic heterocycles. The third kappa shape index (κ3) is 5.88. The van der Waals surface area contributed by atoms with Gasteiger partial charge in [0, 0.05) is 41.9 Å². The van der Waals surface area contributed by atoms with Crippen LogP contribution < -0.4 is 5.32 Å². The van der Waals surface area contributed by atoms with E-state index in [0.29, 0.717) is 6.42 Å². The number of halogens is 3. The molecule has 2 aliphatic rings. The Morgan fingerprint density at radius 3 is 2.55 bits per heavy atom. The van der Waals surface area contributed by atoms with Crippen LogP contribution in [0.5, 0.6) is 0 Å². The molecule has 1 saturated carbocycles. The molecule has 1 heterocycles. The summed E-state index contributed by atoms with van der Waals surface area (Å²) in [5, 5.41) is 2.23. The smallest absolute Gasteiger partial charge is 0.345 e. The second-order valence-corrected chi connectivity index (χ2v) is 10.1. The van der Waals surface area contributed by atoms with E-state index in [0.717, 1.165) is 31.6 Å². The van der Waals surface area contributed by atoms with E-state index in [1.54, 1.807) is 0 Å². The molecule has 0 radical (unpaired) electrons. The highest BCUT2D eigenvalue weighted by Crippen LogP contribution is 2.52. The van der Waals surface area contributed by atoms with Crippen LogP contribution >= 0.6 is 0 Å². The number of allylic oxidation sites excluding steroid dienone is 1. The number of rotatable bonds is 3. The molecule has 3 nitrogen and oxygen atoms in total. The molecular formula is C23H33F3N2O. The van der Waals surface area contributed by atoms with Gasteiger partial charge in [-0.1, -0.05) is 50.3 Å². The van der Waals surface area contributed by atoms with Gasteiger partial charge >= 0.3 is 12.1 Å². The van der Waals surface area contributed by atoms with Crippen molar-refractivity contribution in [2.24, 2.45) is 16.2 Å². The lowest BCUT2D eigenvalue weighted by atomic mass is 9.57. The Morgan fingerprint density at radius 1 is 1.31 bits per heavy atom. The van der Waals surface area contributed by atoms with E-state index in [1.807, 2.05) is 19.9 Å². The van der Waals surface area contributed by atoms with Crippen molar-refractivity contribution in [1.82, 2.24) is 10.2 Å². The molecule has 29 heavy (non-hydrogen) atoms. The molecule has 2 rings (SSSR count). The zero-order valence-electron chi connectivity index (χ0n) is 18.3. The van der Waals surface area contributed by atoms with Gasteiger partial charge in [-0.05, 0) is 39.7 Å². The molecule has 1 aliphatic carbocycles. The van der Waals surface area contributed by atoms with E-state index in [2.05, 4.69) is 61.9 Å². The van der Waals surface area contributed by atoms with Gasteiger partial charge in [-0.15, -0.1) is 0 Å². The minimum atomic E-state index is -4.85. The van der Waals surface area contributed by atoms with E-state index in [4.69, 9.17) is 0 Å². The lowest BCUT2D eigenvalue weighted by molar-refractivity contribution is -0.175. The SMILES string of the molecule is CC(C)(C)C#CC=CCN1CC=C2C(C)(C)[C@@H](NC(=O)C(F)(F)F)CC[C@]2(C)C1. The number of alkyl halides is 3. The van der Waals surface area contributed by atoms with Crippen LogP contribution in [0.2, 0.25) is 0 Å². The van der Waals surface area contributed by atoms with E-state index in [-0.39, 0.29) is 10.8 Å². The zero-order valence-corrected chi connectivity index (χ0v) is 18.3. The Labute approximate surface area is 172 Å². The number of hydrogen-bond donors (Lipinski definition) is 1. The van der Waals surface area contributed by atoms with E-state index in [1.165, 1.54) is 0 Å². The minimum Gasteiger partial charge on any atom is -0.345 e. The molecule has 0 aromatic rings. The van der Waals surface area contributed by atoms with Crippen LogP contribution in [0, 0.1) is 28.1 Å². The molecule has 0 spiro atoms. The largest absolute Gasteiger partial charge is 0.471 e. The third-order valence-electron chi connectivity index (χ3n) is 5.90. The summed E-state index contributed by atoms with van der Waals surface area (Å²) in [5.74, 6) is 4.40. The first-order valence-electron chi connectivity index (χ1n) is 10.1. The van der Waals surface area contributed by atoms with Crippen molar-refractivity contribution in [3.05, 3.63) is 23.8 Å². The molecule has 0 unspecified atom stereocenters. The van der Waals surface area contributed by atoms with Crippen LogP contribution in [0.3, 0.4) is 0 Å². The van der Waals surface area contributed by atoms with Gasteiger partial charge in [0.15, 0.2) is 0 Å². The summed E-state index contributed by atoms with van der Waals surface area (Å²) in [5.41, 5.74) is 0.503. The van der Waals surface area contributed by atoms with Gasteiger partial charge in [-0.3, -0.25) is 9.69 Å². The maximum atomic E-state index is 12.7. The predicted octanol–water partition coefficient (Wildman–Crippen LogP) is 4.71. The van der Waals surface area contributed by atoms with Crippen LogP contribution in [0.25, 0.3) is 0 Å². The molecule has 1 fully saturated rings. The fraction of sp³-hybridized carbons (Fsp3) is 0.696. The van der Waals surface area contributed by atoms with E-state index < -0.39 is 23.5 Å². The summed E-state index contributed by atoms with van der Waals surface area (Å²) in [7, 11) is 0. The van der Waals surface area contributed by atoms with Gasteiger partial charge < -0.3 is 5.32 Å². The number of nitrogens with one attached hydrogen (secondary N) is 1. The van der Waals surface area contributed by atoms with Gasteiger partial charge in [0.2, 0.25) is 0 Å². The lowest BCUT2D eigenvalue weighted by Crippen LogP contribution is -2.57. The summed E-state index contributed by atoms with van der Waals surface area (Å²) < 4.78 is 38.1. The number of carbonyl (C=O) groups is 1. The second kappa shape index (κ2) is 8.18. The number of carbonyl (C=O) groups excluding carboxylic acids is 1. The predicted molar refractivity (Wildman–Crippen MR) is 110 cm³/mol. The van der Waals surface area contributed by atoms with Crippen molar-refractivity contribution in [1.29, 1.82) is 0 Å². The number of amides is 1. The standard InChI is InChI=1S/C23H33F3N2O/c1-20(2,3)12-8-7-9-14-28-15-11-17-21(4,5)18(10-13-22(17,6)16-28)27-19(29)23(24,25)26/h7,9,11,18H,10,13-16H2,1-6H3,(H,27,29)/t18-,22+/m0/s1. The topological polar surface area (TPSA) is 32.3 Å². The van der Waals surface area contributed by atoms with Gasteiger partial charge in [-0.25, -0.2) is 0 Å². The molecule has 6 heteroatoms. The lowest BCUT2D eigenvalue weighted by Gasteiger charge is -2.54. The van der Waals surface area contributed by atoms with Gasteiger partial charge in [-0.2, -0.15) is 13.2 Å². The molecule has 1 N–H and O–H groups in total. The Bertz CT molecular complexity index is 747. The fourth-order valence-electron chi connectivity index (χ4n) is 4.53. The highest BCUT2D eigenvalue weighted by molar-refractivity contribution is 5.82. The molecule has 1 aliphatic heterocycles. The average Bonchev–Trinajstić information content (AvgIpc) is 2.54. The number of hydrogen-bond acceptors (Lipinski definition) is 2. The van der Waals surface area contributed by atoms with Crippen molar-refractivity contribution in [2.45, 2.75) is 66.6 Å². The van der Waals surface area contributed by atoms with Crippen LogP contribution in [-0.4, -0.2) is 42.7 Å². The van der Waals surface area contributed by atoms with Crippen LogP contribution in [0.15, 0.2) is 23.8 Å². The molecular weight excluding hydrogens is 377 g/mol. The van der Waals surface area contributed by atoms with Crippen LogP contribution in [0.4, 0.5) is 13.2 Å². The molecule has 162 valence electrons. The summed E-state index contributed by atoms with van der Waals surface area (Å²) in [4.78, 5) is 13.8. The highest BCUT2D eigenvalue weighted by atomic mass is 19.4. The van der Waals surface area contributed by atoms with E-state index >= 15 is 0 Å². The first kappa shape index (κ1) is 23.5. The summed E-state index contributed by atoms with van der Waals surface area (Å²) >= 11 is 0. The van der Waals surface area contributed by atoms with Crippen molar-refractivity contribution >= 4 is 5.91 Å².